The highest BCUT2D eigenvalue weighted by Crippen LogP contribution is 2.28. The number of ketones is 1. The molecule has 6 nitrogen and oxygen atoms in total. The standard InChI is InChI=1S/C19H16ClN3O3/c1-10-6-12-13(15(24)7-10)8-21-17-16(12)18(25)22-19(26)23(17)9-11-4-2-3-5-14(11)20/h2-5,8,10H,6-7,9H2,1H3,(H,22,25,26). The highest BCUT2D eigenvalue weighted by atomic mass is 35.5. The molecule has 0 saturated carbocycles. The molecule has 1 aromatic carbocycles. The molecule has 1 unspecified atom stereocenters. The van der Waals surface area contributed by atoms with Crippen LogP contribution >= 0.6 is 11.6 Å². The van der Waals surface area contributed by atoms with Gasteiger partial charge in [0, 0.05) is 23.2 Å². The normalized spacial score (nSPS) is 16.7. The van der Waals surface area contributed by atoms with Crippen molar-refractivity contribution in [1.29, 1.82) is 0 Å². The van der Waals surface area contributed by atoms with E-state index in [-0.39, 0.29) is 23.9 Å². The molecule has 1 atom stereocenters. The summed E-state index contributed by atoms with van der Waals surface area (Å²) in [6.07, 6.45) is 2.53. The largest absolute Gasteiger partial charge is 0.330 e. The van der Waals surface area contributed by atoms with E-state index >= 15 is 0 Å². The zero-order valence-corrected chi connectivity index (χ0v) is 14.8. The van der Waals surface area contributed by atoms with E-state index in [2.05, 4.69) is 9.97 Å². The molecule has 0 amide bonds. The third-order valence-electron chi connectivity index (χ3n) is 4.79. The van der Waals surface area contributed by atoms with E-state index in [0.29, 0.717) is 34.4 Å². The smallest absolute Gasteiger partial charge is 0.294 e. The first-order valence-corrected chi connectivity index (χ1v) is 8.75. The van der Waals surface area contributed by atoms with Gasteiger partial charge in [-0.3, -0.25) is 19.1 Å². The maximum absolute atomic E-state index is 12.5. The van der Waals surface area contributed by atoms with Crippen molar-refractivity contribution < 1.29 is 4.79 Å². The van der Waals surface area contributed by atoms with Gasteiger partial charge < -0.3 is 0 Å². The molecule has 0 aliphatic heterocycles. The first kappa shape index (κ1) is 16.7. The second-order valence-corrected chi connectivity index (χ2v) is 7.13. The molecule has 0 saturated heterocycles. The predicted octanol–water partition coefficient (Wildman–Crippen LogP) is 2.55. The van der Waals surface area contributed by atoms with Crippen LogP contribution < -0.4 is 11.2 Å². The molecule has 0 fully saturated rings. The van der Waals surface area contributed by atoms with Gasteiger partial charge in [-0.25, -0.2) is 9.78 Å². The second-order valence-electron chi connectivity index (χ2n) is 6.72. The molecule has 0 spiro atoms. The van der Waals surface area contributed by atoms with Crippen LogP contribution in [0.2, 0.25) is 5.02 Å². The summed E-state index contributed by atoms with van der Waals surface area (Å²) in [6.45, 7) is 2.15. The quantitative estimate of drug-likeness (QED) is 0.752. The lowest BCUT2D eigenvalue weighted by atomic mass is 9.84. The number of pyridine rings is 1. The molecule has 1 aliphatic carbocycles. The van der Waals surface area contributed by atoms with Crippen LogP contribution in [0.1, 0.15) is 34.8 Å². The number of halogens is 1. The fourth-order valence-corrected chi connectivity index (χ4v) is 3.74. The molecular weight excluding hydrogens is 354 g/mol. The first-order valence-electron chi connectivity index (χ1n) is 8.37. The van der Waals surface area contributed by atoms with Crippen LogP contribution in [0.5, 0.6) is 0 Å². The van der Waals surface area contributed by atoms with E-state index in [4.69, 9.17) is 11.6 Å². The van der Waals surface area contributed by atoms with Crippen molar-refractivity contribution in [3.05, 3.63) is 73.0 Å². The van der Waals surface area contributed by atoms with Gasteiger partial charge in [0.15, 0.2) is 5.78 Å². The third kappa shape index (κ3) is 2.66. The van der Waals surface area contributed by atoms with Gasteiger partial charge in [-0.05, 0) is 29.5 Å². The maximum atomic E-state index is 12.5. The molecule has 0 bridgehead atoms. The summed E-state index contributed by atoms with van der Waals surface area (Å²) < 4.78 is 1.39. The number of nitrogens with one attached hydrogen (secondary N) is 1. The van der Waals surface area contributed by atoms with Gasteiger partial charge in [-0.2, -0.15) is 0 Å². The van der Waals surface area contributed by atoms with E-state index in [1.54, 1.807) is 12.1 Å². The number of Topliss-reactive ketones (excluding diaryl/α,β-unsaturated/α-hetero) is 1. The van der Waals surface area contributed by atoms with Gasteiger partial charge >= 0.3 is 5.69 Å². The topological polar surface area (TPSA) is 84.8 Å². The Kier molecular flexibility index (Phi) is 4.00. The minimum atomic E-state index is -0.551. The summed E-state index contributed by atoms with van der Waals surface area (Å²) in [5.74, 6) is 0.125. The van der Waals surface area contributed by atoms with Crippen molar-refractivity contribution in [3.63, 3.8) is 0 Å². The number of nitrogens with zero attached hydrogens (tertiary/aromatic N) is 2. The van der Waals surface area contributed by atoms with Crippen LogP contribution in [-0.4, -0.2) is 20.3 Å². The van der Waals surface area contributed by atoms with Crippen molar-refractivity contribution in [2.24, 2.45) is 5.92 Å². The number of hydrogen-bond acceptors (Lipinski definition) is 4. The molecular formula is C19H16ClN3O3. The highest BCUT2D eigenvalue weighted by Gasteiger charge is 2.27. The van der Waals surface area contributed by atoms with Crippen LogP contribution in [0, 0.1) is 5.92 Å². The molecule has 4 rings (SSSR count). The van der Waals surface area contributed by atoms with Gasteiger partial charge in [0.2, 0.25) is 0 Å². The summed E-state index contributed by atoms with van der Waals surface area (Å²) in [5.41, 5.74) is 1.11. The third-order valence-corrected chi connectivity index (χ3v) is 5.16. The summed E-state index contributed by atoms with van der Waals surface area (Å²) in [5, 5.41) is 0.842. The second kappa shape index (κ2) is 6.21. The average Bonchev–Trinajstić information content (AvgIpc) is 2.59. The Balaban J connectivity index is 2.00. The Morgan fingerprint density at radius 1 is 1.23 bits per heavy atom. The number of carbonyl (C=O) groups excluding carboxylic acids is 1. The Morgan fingerprint density at radius 2 is 2.00 bits per heavy atom. The van der Waals surface area contributed by atoms with E-state index < -0.39 is 11.2 Å². The molecule has 3 aromatic rings. The summed E-state index contributed by atoms with van der Waals surface area (Å²) in [6, 6.07) is 7.19. The highest BCUT2D eigenvalue weighted by molar-refractivity contribution is 6.31. The SMILES string of the molecule is CC1CC(=O)c2cnc3c(c2C1)c(=O)[nH]c(=O)n3Cc1ccccc1Cl. The van der Waals surface area contributed by atoms with Gasteiger partial charge in [0.05, 0.1) is 11.9 Å². The number of benzene rings is 1. The average molecular weight is 370 g/mol. The van der Waals surface area contributed by atoms with Gasteiger partial charge in [0.1, 0.15) is 5.65 Å². The van der Waals surface area contributed by atoms with Crippen LogP contribution in [0.3, 0.4) is 0 Å². The lowest BCUT2D eigenvalue weighted by Gasteiger charge is -2.21. The number of aromatic nitrogens is 3. The van der Waals surface area contributed by atoms with Crippen molar-refractivity contribution in [2.45, 2.75) is 26.3 Å². The number of hydrogen-bond donors (Lipinski definition) is 1. The molecule has 1 N–H and O–H groups in total. The van der Waals surface area contributed by atoms with Crippen molar-refractivity contribution in [3.8, 4) is 0 Å². The van der Waals surface area contributed by atoms with Gasteiger partial charge in [0.25, 0.3) is 5.56 Å². The molecule has 2 heterocycles. The number of carbonyl (C=O) groups is 1. The van der Waals surface area contributed by atoms with E-state index in [1.807, 2.05) is 19.1 Å². The van der Waals surface area contributed by atoms with Crippen molar-refractivity contribution in [2.75, 3.05) is 0 Å². The number of aromatic amines is 1. The molecule has 132 valence electrons. The maximum Gasteiger partial charge on any atom is 0.330 e. The fraction of sp³-hybridized carbons (Fsp3) is 0.263. The van der Waals surface area contributed by atoms with E-state index in [0.717, 1.165) is 5.56 Å². The van der Waals surface area contributed by atoms with Crippen molar-refractivity contribution >= 4 is 28.4 Å². The van der Waals surface area contributed by atoms with Crippen LogP contribution in [0.25, 0.3) is 11.0 Å². The van der Waals surface area contributed by atoms with Gasteiger partial charge in [-0.1, -0.05) is 36.7 Å². The lowest BCUT2D eigenvalue weighted by Crippen LogP contribution is -2.33. The lowest BCUT2D eigenvalue weighted by molar-refractivity contribution is 0.0953. The van der Waals surface area contributed by atoms with Crippen molar-refractivity contribution in [1.82, 2.24) is 14.5 Å². The zero-order chi connectivity index (χ0) is 18.4. The van der Waals surface area contributed by atoms with Crippen LogP contribution in [0.15, 0.2) is 40.1 Å². The number of fused-ring (bicyclic) bond motifs is 3. The molecule has 0 radical (unpaired) electrons. The number of H-pyrrole nitrogens is 1. The zero-order valence-electron chi connectivity index (χ0n) is 14.1. The van der Waals surface area contributed by atoms with E-state index in [9.17, 15) is 14.4 Å². The minimum Gasteiger partial charge on any atom is -0.294 e. The molecule has 26 heavy (non-hydrogen) atoms. The summed E-state index contributed by atoms with van der Waals surface area (Å²) >= 11 is 6.21. The fourth-order valence-electron chi connectivity index (χ4n) is 3.55. The summed E-state index contributed by atoms with van der Waals surface area (Å²) in [7, 11) is 0. The first-order chi connectivity index (χ1) is 12.5. The monoisotopic (exact) mass is 369 g/mol. The minimum absolute atomic E-state index is 0.0172. The molecule has 1 aliphatic rings. The van der Waals surface area contributed by atoms with Crippen LogP contribution in [0.4, 0.5) is 0 Å². The van der Waals surface area contributed by atoms with Gasteiger partial charge in [-0.15, -0.1) is 0 Å². The number of rotatable bonds is 2. The Labute approximate surface area is 153 Å². The summed E-state index contributed by atoms with van der Waals surface area (Å²) in [4.78, 5) is 43.9. The molecule has 2 aromatic heterocycles. The Bertz CT molecular complexity index is 1160. The Hall–Kier alpha value is -2.73. The predicted molar refractivity (Wildman–Crippen MR) is 99.0 cm³/mol. The molecule has 7 heteroatoms. The van der Waals surface area contributed by atoms with Crippen LogP contribution in [-0.2, 0) is 13.0 Å². The Morgan fingerprint density at radius 3 is 2.77 bits per heavy atom. The van der Waals surface area contributed by atoms with E-state index in [1.165, 1.54) is 10.8 Å².